The van der Waals surface area contributed by atoms with Gasteiger partial charge in [-0.15, -0.1) is 0 Å². The first-order valence-corrected chi connectivity index (χ1v) is 7.74. The molecule has 0 fully saturated rings. The van der Waals surface area contributed by atoms with Crippen LogP contribution < -0.4 is 10.2 Å². The number of nitrogens with zero attached hydrogens (tertiary/aromatic N) is 2. The summed E-state index contributed by atoms with van der Waals surface area (Å²) in [7, 11) is 0. The van der Waals surface area contributed by atoms with E-state index in [1.807, 2.05) is 26.0 Å². The second-order valence-electron chi connectivity index (χ2n) is 4.29. The number of aromatic nitrogens is 3. The van der Waals surface area contributed by atoms with Crippen molar-refractivity contribution in [3.05, 3.63) is 38.3 Å². The first-order chi connectivity index (χ1) is 10.1. The van der Waals surface area contributed by atoms with Crippen LogP contribution in [0.2, 0.25) is 10.0 Å². The fourth-order valence-electron chi connectivity index (χ4n) is 1.90. The van der Waals surface area contributed by atoms with Crippen molar-refractivity contribution in [1.82, 2.24) is 14.9 Å². The van der Waals surface area contributed by atoms with Crippen molar-refractivity contribution in [2.45, 2.75) is 26.8 Å². The summed E-state index contributed by atoms with van der Waals surface area (Å²) in [5, 5.41) is 7.87. The smallest absolute Gasteiger partial charge is 0.214 e. The molecule has 8 heteroatoms. The number of aryl methyl sites for hydroxylation is 1. The number of nitrogens with one attached hydrogen (secondary N) is 2. The molecule has 0 saturated carbocycles. The van der Waals surface area contributed by atoms with E-state index in [4.69, 9.17) is 40.2 Å². The molecule has 1 heterocycles. The van der Waals surface area contributed by atoms with Crippen LogP contribution in [0.4, 0.5) is 0 Å². The summed E-state index contributed by atoms with van der Waals surface area (Å²) in [6, 6.07) is 3.64. The van der Waals surface area contributed by atoms with Gasteiger partial charge in [-0.2, -0.15) is 5.10 Å². The van der Waals surface area contributed by atoms with Crippen molar-refractivity contribution < 1.29 is 4.74 Å². The van der Waals surface area contributed by atoms with Crippen LogP contribution in [0.1, 0.15) is 25.2 Å². The fourth-order valence-corrected chi connectivity index (χ4v) is 2.75. The quantitative estimate of drug-likeness (QED) is 0.777. The van der Waals surface area contributed by atoms with Crippen molar-refractivity contribution in [3.63, 3.8) is 0 Å². The Labute approximate surface area is 138 Å². The minimum atomic E-state index is 0.493. The highest BCUT2D eigenvalue weighted by atomic mass is 35.5. The summed E-state index contributed by atoms with van der Waals surface area (Å²) in [4.78, 5) is 0. The zero-order valence-electron chi connectivity index (χ0n) is 11.7. The predicted octanol–water partition coefficient (Wildman–Crippen LogP) is 3.95. The van der Waals surface area contributed by atoms with Crippen LogP contribution in [-0.2, 0) is 13.0 Å². The lowest BCUT2D eigenvalue weighted by Crippen LogP contribution is -2.17. The van der Waals surface area contributed by atoms with E-state index in [2.05, 4.69) is 15.6 Å². The Bertz CT molecular complexity index is 660. The second kappa shape index (κ2) is 7.15. The summed E-state index contributed by atoms with van der Waals surface area (Å²) in [6.07, 6.45) is 0.769. The number of halogens is 2. The highest BCUT2D eigenvalue weighted by molar-refractivity contribution is 7.71. The van der Waals surface area contributed by atoms with Gasteiger partial charge in [0.1, 0.15) is 0 Å². The molecule has 5 nitrogen and oxygen atoms in total. The Morgan fingerprint density at radius 1 is 1.33 bits per heavy atom. The lowest BCUT2D eigenvalue weighted by molar-refractivity contribution is 0.340. The third kappa shape index (κ3) is 3.70. The molecule has 0 radical (unpaired) electrons. The summed E-state index contributed by atoms with van der Waals surface area (Å²) in [6.45, 7) is 4.93. The average Bonchev–Trinajstić information content (AvgIpc) is 2.81. The molecule has 114 valence electrons. The molecule has 2 aromatic rings. The van der Waals surface area contributed by atoms with E-state index in [9.17, 15) is 0 Å². The number of H-pyrrole nitrogens is 1. The zero-order valence-corrected chi connectivity index (χ0v) is 14.1. The number of rotatable bonds is 6. The molecule has 0 saturated heterocycles. The molecule has 0 amide bonds. The van der Waals surface area contributed by atoms with Crippen LogP contribution in [0.3, 0.4) is 0 Å². The first-order valence-electron chi connectivity index (χ1n) is 6.57. The number of benzene rings is 1. The SMILES string of the molecule is CCOc1c(Cl)cc(CNn2c(CC)n[nH]c2=S)cc1Cl. The van der Waals surface area contributed by atoms with Crippen LogP contribution in [-0.4, -0.2) is 21.5 Å². The molecule has 0 aliphatic heterocycles. The number of hydrogen-bond donors (Lipinski definition) is 2. The van der Waals surface area contributed by atoms with Gasteiger partial charge >= 0.3 is 0 Å². The van der Waals surface area contributed by atoms with Gasteiger partial charge in [0.15, 0.2) is 11.6 Å². The molecule has 0 aliphatic rings. The second-order valence-corrected chi connectivity index (χ2v) is 5.49. The van der Waals surface area contributed by atoms with Crippen LogP contribution in [0.25, 0.3) is 0 Å². The Morgan fingerprint density at radius 2 is 2.00 bits per heavy atom. The van der Waals surface area contributed by atoms with Gasteiger partial charge in [0.25, 0.3) is 0 Å². The molecule has 0 bridgehead atoms. The van der Waals surface area contributed by atoms with E-state index >= 15 is 0 Å². The van der Waals surface area contributed by atoms with E-state index in [0.717, 1.165) is 17.8 Å². The van der Waals surface area contributed by atoms with Gasteiger partial charge in [-0.05, 0) is 36.8 Å². The highest BCUT2D eigenvalue weighted by Crippen LogP contribution is 2.34. The van der Waals surface area contributed by atoms with E-state index in [1.54, 1.807) is 4.68 Å². The van der Waals surface area contributed by atoms with Crippen LogP contribution in [0.15, 0.2) is 12.1 Å². The lowest BCUT2D eigenvalue weighted by Gasteiger charge is -2.12. The van der Waals surface area contributed by atoms with Gasteiger partial charge in [-0.1, -0.05) is 30.1 Å². The van der Waals surface area contributed by atoms with E-state index < -0.39 is 0 Å². The normalized spacial score (nSPS) is 10.7. The van der Waals surface area contributed by atoms with Crippen molar-refractivity contribution in [1.29, 1.82) is 0 Å². The van der Waals surface area contributed by atoms with Gasteiger partial charge in [0.2, 0.25) is 4.77 Å². The Hall–Kier alpha value is -1.24. The number of ether oxygens (including phenoxy) is 1. The van der Waals surface area contributed by atoms with Crippen molar-refractivity contribution >= 4 is 35.4 Å². The first kappa shape index (κ1) is 16.1. The Morgan fingerprint density at radius 3 is 2.57 bits per heavy atom. The average molecular weight is 347 g/mol. The van der Waals surface area contributed by atoms with E-state index in [0.29, 0.717) is 33.7 Å². The lowest BCUT2D eigenvalue weighted by atomic mass is 10.2. The molecule has 1 aromatic heterocycles. The topological polar surface area (TPSA) is 54.9 Å². The van der Waals surface area contributed by atoms with Gasteiger partial charge in [0, 0.05) is 6.42 Å². The molecule has 21 heavy (non-hydrogen) atoms. The summed E-state index contributed by atoms with van der Waals surface area (Å²) >= 11 is 17.5. The van der Waals surface area contributed by atoms with E-state index in [-0.39, 0.29) is 0 Å². The molecule has 0 spiro atoms. The largest absolute Gasteiger partial charge is 0.491 e. The number of aromatic amines is 1. The van der Waals surface area contributed by atoms with Crippen LogP contribution in [0.5, 0.6) is 5.75 Å². The molecule has 2 N–H and O–H groups in total. The van der Waals surface area contributed by atoms with Gasteiger partial charge in [0.05, 0.1) is 23.2 Å². The molecule has 0 aliphatic carbocycles. The Kier molecular flexibility index (Phi) is 5.50. The number of hydrogen-bond acceptors (Lipinski definition) is 4. The summed E-state index contributed by atoms with van der Waals surface area (Å²) in [5.74, 6) is 1.35. The van der Waals surface area contributed by atoms with Gasteiger partial charge < -0.3 is 10.2 Å². The molecule has 2 rings (SSSR count). The maximum Gasteiger partial charge on any atom is 0.214 e. The van der Waals surface area contributed by atoms with Crippen molar-refractivity contribution in [2.75, 3.05) is 12.0 Å². The van der Waals surface area contributed by atoms with Crippen LogP contribution in [0, 0.1) is 4.77 Å². The van der Waals surface area contributed by atoms with Crippen molar-refractivity contribution in [2.24, 2.45) is 0 Å². The van der Waals surface area contributed by atoms with Gasteiger partial charge in [-0.3, -0.25) is 5.10 Å². The van der Waals surface area contributed by atoms with Gasteiger partial charge in [-0.25, -0.2) is 4.68 Å². The maximum absolute atomic E-state index is 6.18. The monoisotopic (exact) mass is 346 g/mol. The highest BCUT2D eigenvalue weighted by Gasteiger charge is 2.10. The van der Waals surface area contributed by atoms with Crippen LogP contribution >= 0.6 is 35.4 Å². The molecule has 0 unspecified atom stereocenters. The maximum atomic E-state index is 6.18. The summed E-state index contributed by atoms with van der Waals surface area (Å²) < 4.78 is 7.67. The third-order valence-corrected chi connectivity index (χ3v) is 3.68. The minimum Gasteiger partial charge on any atom is -0.491 e. The Balaban J connectivity index is 2.17. The molecular weight excluding hydrogens is 331 g/mol. The fraction of sp³-hybridized carbons (Fsp3) is 0.385. The molecule has 1 aromatic carbocycles. The zero-order chi connectivity index (χ0) is 15.4. The standard InChI is InChI=1S/C13H16Cl2N4OS/c1-3-11-17-18-13(21)19(11)16-7-8-5-9(14)12(20-4-2)10(15)6-8/h5-6,16H,3-4,7H2,1-2H3,(H,18,21). The molecular formula is C13H16Cl2N4OS. The predicted molar refractivity (Wildman–Crippen MR) is 87.5 cm³/mol. The third-order valence-electron chi connectivity index (χ3n) is 2.85. The minimum absolute atomic E-state index is 0.493. The van der Waals surface area contributed by atoms with Crippen molar-refractivity contribution in [3.8, 4) is 5.75 Å². The molecule has 0 atom stereocenters. The summed E-state index contributed by atoms with van der Waals surface area (Å²) in [5.41, 5.74) is 4.12. The van der Waals surface area contributed by atoms with E-state index in [1.165, 1.54) is 0 Å².